The molecule has 0 unspecified atom stereocenters. The molecule has 0 fully saturated rings. The Morgan fingerprint density at radius 1 is 1.20 bits per heavy atom. The maximum atomic E-state index is 14.0. The maximum Gasteiger partial charge on any atom is 0.132 e. The van der Waals surface area contributed by atoms with Gasteiger partial charge in [0.25, 0.3) is 0 Å². The fourth-order valence-electron chi connectivity index (χ4n) is 1.86. The summed E-state index contributed by atoms with van der Waals surface area (Å²) in [6.45, 7) is 0.0848. The van der Waals surface area contributed by atoms with Gasteiger partial charge in [0.15, 0.2) is 0 Å². The molecule has 3 nitrogen and oxygen atoms in total. The number of hydrogen-bond acceptors (Lipinski definition) is 3. The third-order valence-electron chi connectivity index (χ3n) is 2.77. The van der Waals surface area contributed by atoms with Crippen molar-refractivity contribution in [2.24, 2.45) is 4.99 Å². The predicted octanol–water partition coefficient (Wildman–Crippen LogP) is 3.00. The van der Waals surface area contributed by atoms with Gasteiger partial charge in [0.2, 0.25) is 0 Å². The summed E-state index contributed by atoms with van der Waals surface area (Å²) in [6.07, 6.45) is 0. The number of aliphatic hydroxyl groups excluding tert-OH is 1. The first-order chi connectivity index (χ1) is 9.63. The van der Waals surface area contributed by atoms with Crippen molar-refractivity contribution in [3.05, 3.63) is 63.9 Å². The van der Waals surface area contributed by atoms with Crippen molar-refractivity contribution >= 4 is 27.3 Å². The zero-order valence-electron chi connectivity index (χ0n) is 10.7. The van der Waals surface area contributed by atoms with Crippen LogP contribution >= 0.6 is 15.9 Å². The largest absolute Gasteiger partial charge is 0.398 e. The van der Waals surface area contributed by atoms with Gasteiger partial charge in [-0.15, -0.1) is 0 Å². The Hall–Kier alpha value is -1.72. The third-order valence-corrected chi connectivity index (χ3v) is 3.26. The van der Waals surface area contributed by atoms with Crippen LogP contribution in [0.25, 0.3) is 0 Å². The lowest BCUT2D eigenvalue weighted by Gasteiger charge is -2.11. The van der Waals surface area contributed by atoms with Gasteiger partial charge in [0.05, 0.1) is 18.9 Å². The second kappa shape index (κ2) is 6.63. The zero-order valence-corrected chi connectivity index (χ0v) is 12.3. The molecule has 3 N–H and O–H groups in total. The highest BCUT2D eigenvalue weighted by Gasteiger charge is 2.14. The minimum absolute atomic E-state index is 0.105. The van der Waals surface area contributed by atoms with Crippen molar-refractivity contribution in [1.82, 2.24) is 0 Å². The molecule has 2 aromatic carbocycles. The second-order valence-electron chi connectivity index (χ2n) is 4.17. The molecular weight excluding hydrogens is 323 g/mol. The molecule has 0 aromatic heterocycles. The normalized spacial score (nSPS) is 11.7. The van der Waals surface area contributed by atoms with E-state index >= 15 is 0 Å². The van der Waals surface area contributed by atoms with E-state index in [2.05, 4.69) is 20.9 Å². The van der Waals surface area contributed by atoms with Crippen molar-refractivity contribution in [2.75, 3.05) is 18.9 Å². The van der Waals surface area contributed by atoms with E-state index in [0.717, 1.165) is 4.47 Å². The van der Waals surface area contributed by atoms with Crippen LogP contribution in [0.3, 0.4) is 0 Å². The minimum Gasteiger partial charge on any atom is -0.398 e. The highest BCUT2D eigenvalue weighted by Crippen LogP contribution is 2.23. The monoisotopic (exact) mass is 336 g/mol. The Kier molecular flexibility index (Phi) is 4.87. The van der Waals surface area contributed by atoms with Gasteiger partial charge in [-0.3, -0.25) is 4.99 Å². The molecule has 0 saturated heterocycles. The molecule has 0 aliphatic rings. The third kappa shape index (κ3) is 3.23. The number of aliphatic imine (C=N–C) groups is 1. The van der Waals surface area contributed by atoms with Gasteiger partial charge < -0.3 is 10.8 Å². The molecule has 2 aromatic rings. The number of rotatable bonds is 4. The van der Waals surface area contributed by atoms with Gasteiger partial charge in [-0.05, 0) is 30.3 Å². The van der Waals surface area contributed by atoms with Gasteiger partial charge >= 0.3 is 0 Å². The summed E-state index contributed by atoms with van der Waals surface area (Å²) in [5.41, 5.74) is 7.91. The number of anilines is 1. The van der Waals surface area contributed by atoms with E-state index < -0.39 is 0 Å². The van der Waals surface area contributed by atoms with Crippen molar-refractivity contribution in [1.29, 1.82) is 0 Å². The Labute approximate surface area is 125 Å². The molecule has 0 amide bonds. The van der Waals surface area contributed by atoms with E-state index in [1.807, 2.05) is 6.07 Å². The summed E-state index contributed by atoms with van der Waals surface area (Å²) >= 11 is 3.37. The number of hydrogen-bond donors (Lipinski definition) is 2. The van der Waals surface area contributed by atoms with Crippen LogP contribution in [0.4, 0.5) is 10.1 Å². The van der Waals surface area contributed by atoms with Gasteiger partial charge in [-0.2, -0.15) is 0 Å². The van der Waals surface area contributed by atoms with Crippen LogP contribution in [0.5, 0.6) is 0 Å². The standard InChI is InChI=1S/C15H14BrFN2O/c16-10-5-6-14(18)12(9-10)15(19-7-8-20)11-3-1-2-4-13(11)17/h1-6,9,20H,7-8,18H2. The topological polar surface area (TPSA) is 58.6 Å². The van der Waals surface area contributed by atoms with Crippen molar-refractivity contribution in [3.63, 3.8) is 0 Å². The number of nitrogen functional groups attached to an aromatic ring is 1. The number of halogens is 2. The predicted molar refractivity (Wildman–Crippen MR) is 82.5 cm³/mol. The maximum absolute atomic E-state index is 14.0. The van der Waals surface area contributed by atoms with Gasteiger partial charge in [0.1, 0.15) is 5.82 Å². The SMILES string of the molecule is Nc1ccc(Br)cc1C(=NCCO)c1ccccc1F. The first-order valence-corrected chi connectivity index (χ1v) is 6.88. The Bertz CT molecular complexity index is 644. The first-order valence-electron chi connectivity index (χ1n) is 6.09. The molecule has 5 heteroatoms. The molecule has 0 heterocycles. The van der Waals surface area contributed by atoms with Gasteiger partial charge in [-0.25, -0.2) is 4.39 Å². The molecule has 20 heavy (non-hydrogen) atoms. The van der Waals surface area contributed by atoms with Gasteiger partial charge in [0, 0.05) is 21.3 Å². The highest BCUT2D eigenvalue weighted by molar-refractivity contribution is 9.10. The number of nitrogens with zero attached hydrogens (tertiary/aromatic N) is 1. The molecule has 0 spiro atoms. The lowest BCUT2D eigenvalue weighted by molar-refractivity contribution is 0.307. The van der Waals surface area contributed by atoms with Gasteiger partial charge in [-0.1, -0.05) is 28.1 Å². The van der Waals surface area contributed by atoms with Crippen LogP contribution in [-0.4, -0.2) is 24.0 Å². The van der Waals surface area contributed by atoms with E-state index in [1.165, 1.54) is 6.07 Å². The highest BCUT2D eigenvalue weighted by atomic mass is 79.9. The van der Waals surface area contributed by atoms with Crippen LogP contribution in [0, 0.1) is 5.82 Å². The van der Waals surface area contributed by atoms with E-state index in [1.54, 1.807) is 30.3 Å². The average Bonchev–Trinajstić information content (AvgIpc) is 2.44. The van der Waals surface area contributed by atoms with Crippen LogP contribution in [0.1, 0.15) is 11.1 Å². The average molecular weight is 337 g/mol. The number of benzene rings is 2. The molecule has 0 aliphatic heterocycles. The summed E-state index contributed by atoms with van der Waals surface area (Å²) in [5, 5.41) is 8.96. The molecule has 0 saturated carbocycles. The van der Waals surface area contributed by atoms with Crippen molar-refractivity contribution in [2.45, 2.75) is 0 Å². The molecule has 0 radical (unpaired) electrons. The fraction of sp³-hybridized carbons (Fsp3) is 0.133. The summed E-state index contributed by atoms with van der Waals surface area (Å²) in [7, 11) is 0. The lowest BCUT2D eigenvalue weighted by atomic mass is 10.00. The van der Waals surface area contributed by atoms with Crippen LogP contribution in [0.15, 0.2) is 51.9 Å². The zero-order chi connectivity index (χ0) is 14.5. The van der Waals surface area contributed by atoms with E-state index in [4.69, 9.17) is 10.8 Å². The van der Waals surface area contributed by atoms with E-state index in [0.29, 0.717) is 22.5 Å². The van der Waals surface area contributed by atoms with Crippen molar-refractivity contribution < 1.29 is 9.50 Å². The van der Waals surface area contributed by atoms with Crippen LogP contribution < -0.4 is 5.73 Å². The molecule has 0 atom stereocenters. The first kappa shape index (κ1) is 14.7. The summed E-state index contributed by atoms with van der Waals surface area (Å²) in [4.78, 5) is 4.27. The summed E-state index contributed by atoms with van der Waals surface area (Å²) in [5.74, 6) is -0.372. The van der Waals surface area contributed by atoms with E-state index in [9.17, 15) is 4.39 Å². The quantitative estimate of drug-likeness (QED) is 0.666. The van der Waals surface area contributed by atoms with Crippen molar-refractivity contribution in [3.8, 4) is 0 Å². The Balaban J connectivity index is 2.60. The minimum atomic E-state index is -0.372. The van der Waals surface area contributed by atoms with Crippen LogP contribution in [-0.2, 0) is 0 Å². The van der Waals surface area contributed by atoms with E-state index in [-0.39, 0.29) is 19.0 Å². The Morgan fingerprint density at radius 2 is 1.95 bits per heavy atom. The van der Waals surface area contributed by atoms with Crippen LogP contribution in [0.2, 0.25) is 0 Å². The summed E-state index contributed by atoms with van der Waals surface area (Å²) in [6, 6.07) is 11.7. The summed E-state index contributed by atoms with van der Waals surface area (Å²) < 4.78 is 14.8. The smallest absolute Gasteiger partial charge is 0.132 e. The fourth-order valence-corrected chi connectivity index (χ4v) is 2.23. The molecule has 0 aliphatic carbocycles. The number of nitrogens with two attached hydrogens (primary N) is 1. The second-order valence-corrected chi connectivity index (χ2v) is 5.08. The molecular formula is C15H14BrFN2O. The molecule has 2 rings (SSSR count). The lowest BCUT2D eigenvalue weighted by Crippen LogP contribution is -2.10. The number of aliphatic hydroxyl groups is 1. The Morgan fingerprint density at radius 3 is 2.65 bits per heavy atom. The molecule has 104 valence electrons. The molecule has 0 bridgehead atoms.